The van der Waals surface area contributed by atoms with Crippen LogP contribution in [-0.4, -0.2) is 34.4 Å². The largest absolute Gasteiger partial charge is 0.417 e. The number of pyridine rings is 1. The molecule has 22 heavy (non-hydrogen) atoms. The van der Waals surface area contributed by atoms with Crippen LogP contribution < -0.4 is 15.4 Å². The Morgan fingerprint density at radius 3 is 3.05 bits per heavy atom. The molecule has 3 N–H and O–H groups in total. The maximum absolute atomic E-state index is 12.1. The van der Waals surface area contributed by atoms with Crippen molar-refractivity contribution in [3.05, 3.63) is 23.9 Å². The smallest absolute Gasteiger partial charge is 0.388 e. The molecule has 1 fully saturated rings. The molecule has 0 unspecified atom stereocenters. The molecule has 0 aliphatic heterocycles. The van der Waals surface area contributed by atoms with Crippen molar-refractivity contribution in [1.29, 1.82) is 0 Å². The molecule has 8 heteroatoms. The van der Waals surface area contributed by atoms with E-state index < -0.39 is 18.2 Å². The van der Waals surface area contributed by atoms with Gasteiger partial charge in [-0.1, -0.05) is 0 Å². The van der Waals surface area contributed by atoms with E-state index in [1.807, 2.05) is 0 Å². The second kappa shape index (κ2) is 6.87. The van der Waals surface area contributed by atoms with Crippen molar-refractivity contribution in [3.63, 3.8) is 0 Å². The molecular weight excluding hydrogens is 296 g/mol. The summed E-state index contributed by atoms with van der Waals surface area (Å²) in [6.07, 6.45) is 3.56. The van der Waals surface area contributed by atoms with Crippen LogP contribution in [0.1, 0.15) is 31.7 Å². The van der Waals surface area contributed by atoms with Crippen molar-refractivity contribution >= 4 is 6.03 Å². The number of aromatic nitrogens is 1. The first-order valence-corrected chi connectivity index (χ1v) is 7.03. The van der Waals surface area contributed by atoms with Crippen LogP contribution in [0.15, 0.2) is 18.3 Å². The number of hydrogen-bond donors (Lipinski definition) is 3. The van der Waals surface area contributed by atoms with E-state index in [1.165, 1.54) is 12.3 Å². The number of nitrogens with zero attached hydrogens (tertiary/aromatic N) is 1. The first kappa shape index (κ1) is 16.4. The average Bonchev–Trinajstić information content (AvgIpc) is 2.75. The van der Waals surface area contributed by atoms with Crippen molar-refractivity contribution in [1.82, 2.24) is 15.6 Å². The van der Waals surface area contributed by atoms with Gasteiger partial charge in [0.2, 0.25) is 5.88 Å². The normalized spacial score (nSPS) is 24.3. The first-order chi connectivity index (χ1) is 10.4. The Balaban J connectivity index is 1.83. The van der Waals surface area contributed by atoms with Gasteiger partial charge in [0.05, 0.1) is 11.6 Å². The SMILES string of the molecule is C[C@]1(O)CCC[C@@H]1NC(=O)NCc1ccnc(OC(F)F)c1. The fourth-order valence-electron chi connectivity index (χ4n) is 2.48. The Hall–Kier alpha value is -1.96. The molecule has 1 aliphatic carbocycles. The van der Waals surface area contributed by atoms with Gasteiger partial charge in [0, 0.05) is 18.8 Å². The van der Waals surface area contributed by atoms with E-state index in [-0.39, 0.29) is 18.5 Å². The molecule has 1 saturated carbocycles. The standard InChI is InChI=1S/C14H19F2N3O3/c1-14(21)5-2-3-10(14)19-13(20)18-8-9-4-6-17-11(7-9)22-12(15)16/h4,6-7,10,12,21H,2-3,5,8H2,1H3,(H2,18,19,20)/t10-,14-/m0/s1. The number of rotatable bonds is 5. The molecule has 2 rings (SSSR count). The van der Waals surface area contributed by atoms with Gasteiger partial charge in [-0.05, 0) is 37.8 Å². The fraction of sp³-hybridized carbons (Fsp3) is 0.571. The van der Waals surface area contributed by atoms with Crippen molar-refractivity contribution in [2.45, 2.75) is 51.0 Å². The van der Waals surface area contributed by atoms with Gasteiger partial charge in [0.25, 0.3) is 0 Å². The summed E-state index contributed by atoms with van der Waals surface area (Å²) in [6.45, 7) is -1.10. The van der Waals surface area contributed by atoms with Crippen LogP contribution in [0.5, 0.6) is 5.88 Å². The van der Waals surface area contributed by atoms with Crippen LogP contribution in [0.3, 0.4) is 0 Å². The van der Waals surface area contributed by atoms with Crippen LogP contribution in [-0.2, 0) is 6.54 Å². The van der Waals surface area contributed by atoms with E-state index in [0.717, 1.165) is 12.8 Å². The van der Waals surface area contributed by atoms with Gasteiger partial charge in [0.15, 0.2) is 0 Å². The second-order valence-electron chi connectivity index (χ2n) is 5.51. The summed E-state index contributed by atoms with van der Waals surface area (Å²) in [7, 11) is 0. The summed E-state index contributed by atoms with van der Waals surface area (Å²) >= 11 is 0. The molecule has 6 nitrogen and oxygen atoms in total. The summed E-state index contributed by atoms with van der Waals surface area (Å²) in [5.41, 5.74) is -0.314. The molecule has 1 heterocycles. The van der Waals surface area contributed by atoms with E-state index in [4.69, 9.17) is 0 Å². The number of nitrogens with one attached hydrogen (secondary N) is 2. The third-order valence-electron chi connectivity index (χ3n) is 3.69. The monoisotopic (exact) mass is 315 g/mol. The van der Waals surface area contributed by atoms with E-state index in [9.17, 15) is 18.7 Å². The van der Waals surface area contributed by atoms with E-state index in [2.05, 4.69) is 20.4 Å². The molecule has 0 radical (unpaired) electrons. The fourth-order valence-corrected chi connectivity index (χ4v) is 2.48. The van der Waals surface area contributed by atoms with Gasteiger partial charge < -0.3 is 20.5 Å². The zero-order valence-electron chi connectivity index (χ0n) is 12.2. The van der Waals surface area contributed by atoms with Crippen LogP contribution in [0.2, 0.25) is 0 Å². The number of urea groups is 1. The highest BCUT2D eigenvalue weighted by molar-refractivity contribution is 5.74. The first-order valence-electron chi connectivity index (χ1n) is 7.03. The lowest BCUT2D eigenvalue weighted by Crippen LogP contribution is -2.50. The maximum atomic E-state index is 12.1. The molecule has 1 aliphatic rings. The Bertz CT molecular complexity index is 526. The number of halogens is 2. The van der Waals surface area contributed by atoms with Crippen molar-refractivity contribution in [2.75, 3.05) is 0 Å². The van der Waals surface area contributed by atoms with E-state index in [0.29, 0.717) is 12.0 Å². The number of amides is 2. The molecule has 1 aromatic rings. The van der Waals surface area contributed by atoms with Crippen LogP contribution >= 0.6 is 0 Å². The number of hydrogen-bond acceptors (Lipinski definition) is 4. The van der Waals surface area contributed by atoms with E-state index in [1.54, 1.807) is 13.0 Å². The number of aliphatic hydroxyl groups is 1. The number of ether oxygens (including phenoxy) is 1. The molecule has 1 aromatic heterocycles. The zero-order chi connectivity index (χ0) is 16.2. The minimum absolute atomic E-state index is 0.142. The Morgan fingerprint density at radius 2 is 2.41 bits per heavy atom. The summed E-state index contributed by atoms with van der Waals surface area (Å²) in [6, 6.07) is 2.21. The van der Waals surface area contributed by atoms with Gasteiger partial charge in [-0.3, -0.25) is 0 Å². The average molecular weight is 315 g/mol. The molecule has 0 saturated heterocycles. The van der Waals surface area contributed by atoms with Gasteiger partial charge in [-0.2, -0.15) is 8.78 Å². The number of carbonyl (C=O) groups is 1. The topological polar surface area (TPSA) is 83.5 Å². The molecular formula is C14H19F2N3O3. The lowest BCUT2D eigenvalue weighted by atomic mass is 10.0. The molecule has 0 aromatic carbocycles. The highest BCUT2D eigenvalue weighted by Gasteiger charge is 2.37. The Labute approximate surface area is 126 Å². The van der Waals surface area contributed by atoms with Gasteiger partial charge in [0.1, 0.15) is 0 Å². The Morgan fingerprint density at radius 1 is 1.64 bits per heavy atom. The minimum atomic E-state index is -2.94. The van der Waals surface area contributed by atoms with Gasteiger partial charge >= 0.3 is 12.6 Å². The van der Waals surface area contributed by atoms with Crippen molar-refractivity contribution in [3.8, 4) is 5.88 Å². The third kappa shape index (κ3) is 4.52. The van der Waals surface area contributed by atoms with E-state index >= 15 is 0 Å². The highest BCUT2D eigenvalue weighted by Crippen LogP contribution is 2.29. The third-order valence-corrected chi connectivity index (χ3v) is 3.69. The predicted molar refractivity (Wildman–Crippen MR) is 74.5 cm³/mol. The summed E-state index contributed by atoms with van der Waals surface area (Å²) in [5.74, 6) is -0.201. The van der Waals surface area contributed by atoms with Crippen molar-refractivity contribution in [2.24, 2.45) is 0 Å². The predicted octanol–water partition coefficient (Wildman–Crippen LogP) is 1.79. The second-order valence-corrected chi connectivity index (χ2v) is 5.51. The van der Waals surface area contributed by atoms with Gasteiger partial charge in [-0.15, -0.1) is 0 Å². The highest BCUT2D eigenvalue weighted by atomic mass is 19.3. The quantitative estimate of drug-likeness (QED) is 0.773. The summed E-state index contributed by atoms with van der Waals surface area (Å²) in [5, 5.41) is 15.4. The minimum Gasteiger partial charge on any atom is -0.417 e. The van der Waals surface area contributed by atoms with Gasteiger partial charge in [-0.25, -0.2) is 9.78 Å². The summed E-state index contributed by atoms with van der Waals surface area (Å²) < 4.78 is 28.4. The molecule has 0 spiro atoms. The maximum Gasteiger partial charge on any atom is 0.388 e. The molecule has 2 atom stereocenters. The summed E-state index contributed by atoms with van der Waals surface area (Å²) in [4.78, 5) is 15.5. The van der Waals surface area contributed by atoms with Crippen molar-refractivity contribution < 1.29 is 23.4 Å². The van der Waals surface area contributed by atoms with Crippen LogP contribution in [0, 0.1) is 0 Å². The van der Waals surface area contributed by atoms with Crippen LogP contribution in [0.4, 0.5) is 13.6 Å². The Kier molecular flexibility index (Phi) is 5.12. The number of carbonyl (C=O) groups excluding carboxylic acids is 1. The zero-order valence-corrected chi connectivity index (χ0v) is 12.2. The lowest BCUT2D eigenvalue weighted by molar-refractivity contribution is -0.0529. The molecule has 0 bridgehead atoms. The lowest BCUT2D eigenvalue weighted by Gasteiger charge is -2.26. The number of alkyl halides is 2. The molecule has 2 amide bonds. The molecule has 122 valence electrons. The van der Waals surface area contributed by atoms with Crippen LogP contribution in [0.25, 0.3) is 0 Å².